The highest BCUT2D eigenvalue weighted by molar-refractivity contribution is 7.71. The molecule has 0 saturated carbocycles. The summed E-state index contributed by atoms with van der Waals surface area (Å²) in [4.78, 5) is 21.5. The average Bonchev–Trinajstić information content (AvgIpc) is 2.73. The first-order valence-corrected chi connectivity index (χ1v) is 7.31. The third kappa shape index (κ3) is 2.90. The van der Waals surface area contributed by atoms with Crippen molar-refractivity contribution in [1.82, 2.24) is 19.4 Å². The van der Waals surface area contributed by atoms with Crippen LogP contribution in [-0.4, -0.2) is 38.4 Å². The van der Waals surface area contributed by atoms with E-state index in [4.69, 9.17) is 12.2 Å². The fourth-order valence-electron chi connectivity index (χ4n) is 2.27. The minimum absolute atomic E-state index is 0.152. The van der Waals surface area contributed by atoms with Gasteiger partial charge in [-0.2, -0.15) is 0 Å². The lowest BCUT2D eigenvalue weighted by Gasteiger charge is -2.18. The molecule has 0 aromatic carbocycles. The van der Waals surface area contributed by atoms with Crippen LogP contribution in [0.2, 0.25) is 0 Å². The van der Waals surface area contributed by atoms with Crippen molar-refractivity contribution in [2.75, 3.05) is 13.1 Å². The number of nitrogens with zero attached hydrogens (tertiary/aromatic N) is 3. The van der Waals surface area contributed by atoms with Crippen molar-refractivity contribution in [2.45, 2.75) is 33.7 Å². The molecule has 0 aliphatic heterocycles. The molecule has 0 aliphatic rings. The number of hydrogen-bond acceptors (Lipinski definition) is 3. The van der Waals surface area contributed by atoms with Gasteiger partial charge in [-0.1, -0.05) is 0 Å². The van der Waals surface area contributed by atoms with Crippen molar-refractivity contribution in [2.24, 2.45) is 0 Å². The molecule has 0 atom stereocenters. The summed E-state index contributed by atoms with van der Waals surface area (Å²) in [7, 11) is 0. The van der Waals surface area contributed by atoms with Crippen LogP contribution in [0.1, 0.15) is 26.0 Å². The average molecular weight is 292 g/mol. The summed E-state index contributed by atoms with van der Waals surface area (Å²) in [6, 6.07) is 3.91. The van der Waals surface area contributed by atoms with Crippen molar-refractivity contribution in [1.29, 1.82) is 0 Å². The topological polar surface area (TPSA) is 53.9 Å². The molecule has 1 N–H and O–H groups in total. The molecule has 2 aromatic heterocycles. The van der Waals surface area contributed by atoms with Gasteiger partial charge in [-0.3, -0.25) is 4.79 Å². The molecule has 0 bridgehead atoms. The van der Waals surface area contributed by atoms with Gasteiger partial charge >= 0.3 is 0 Å². The third-order valence-electron chi connectivity index (χ3n) is 3.42. The van der Waals surface area contributed by atoms with Gasteiger partial charge in [-0.15, -0.1) is 0 Å². The van der Waals surface area contributed by atoms with Gasteiger partial charge in [0.2, 0.25) is 5.91 Å². The van der Waals surface area contributed by atoms with E-state index in [2.05, 4.69) is 9.97 Å². The summed E-state index contributed by atoms with van der Waals surface area (Å²) in [6.45, 7) is 7.97. The molecule has 0 unspecified atom stereocenters. The Morgan fingerprint density at radius 1 is 1.40 bits per heavy atom. The van der Waals surface area contributed by atoms with Gasteiger partial charge in [0.25, 0.3) is 0 Å². The third-order valence-corrected chi connectivity index (χ3v) is 3.74. The highest BCUT2D eigenvalue weighted by Gasteiger charge is 2.12. The second-order valence-electron chi connectivity index (χ2n) is 4.72. The van der Waals surface area contributed by atoms with Crippen LogP contribution in [0.3, 0.4) is 0 Å². The molecular formula is C14H20N4OS. The number of hydrogen-bond donors (Lipinski definition) is 1. The molecule has 1 amide bonds. The number of fused-ring (bicyclic) bond motifs is 1. The number of imidazole rings is 1. The number of carbonyl (C=O) groups excluding carboxylic acids is 1. The first kappa shape index (κ1) is 14.7. The van der Waals surface area contributed by atoms with E-state index in [1.807, 2.05) is 42.4 Å². The standard InChI is InChI=1S/C14H20N4OS/c1-4-17(5-2)12(19)8-9-18-13-11(16-14(18)20)7-6-10(3)15-13/h6-7H,4-5,8-9H2,1-3H3,(H,16,20). The number of aryl methyl sites for hydroxylation is 2. The molecule has 0 fully saturated rings. The quantitative estimate of drug-likeness (QED) is 0.862. The molecular weight excluding hydrogens is 272 g/mol. The Hall–Kier alpha value is -1.69. The maximum atomic E-state index is 12.1. The number of carbonyl (C=O) groups is 1. The van der Waals surface area contributed by atoms with Crippen molar-refractivity contribution >= 4 is 29.3 Å². The number of H-pyrrole nitrogens is 1. The lowest BCUT2D eigenvalue weighted by Crippen LogP contribution is -2.31. The Bertz CT molecular complexity index is 669. The van der Waals surface area contributed by atoms with E-state index in [9.17, 15) is 4.79 Å². The largest absolute Gasteiger partial charge is 0.343 e. The number of amides is 1. The van der Waals surface area contributed by atoms with Crippen molar-refractivity contribution < 1.29 is 4.79 Å². The second-order valence-corrected chi connectivity index (χ2v) is 5.11. The van der Waals surface area contributed by atoms with E-state index in [1.165, 1.54) is 0 Å². The number of rotatable bonds is 5. The minimum Gasteiger partial charge on any atom is -0.343 e. The van der Waals surface area contributed by atoms with Gasteiger partial charge in [0, 0.05) is 31.7 Å². The van der Waals surface area contributed by atoms with E-state index in [0.717, 1.165) is 29.9 Å². The van der Waals surface area contributed by atoms with Crippen LogP contribution in [0.4, 0.5) is 0 Å². The summed E-state index contributed by atoms with van der Waals surface area (Å²) in [6.07, 6.45) is 0.443. The van der Waals surface area contributed by atoms with Crippen molar-refractivity contribution in [3.63, 3.8) is 0 Å². The summed E-state index contributed by atoms with van der Waals surface area (Å²) in [5, 5.41) is 0. The first-order chi connectivity index (χ1) is 9.56. The Morgan fingerprint density at radius 3 is 2.75 bits per heavy atom. The molecule has 0 spiro atoms. The summed E-state index contributed by atoms with van der Waals surface area (Å²) in [5.41, 5.74) is 2.67. The van der Waals surface area contributed by atoms with Gasteiger partial charge in [0.1, 0.15) is 0 Å². The zero-order valence-corrected chi connectivity index (χ0v) is 13.0. The monoisotopic (exact) mass is 292 g/mol. The van der Waals surface area contributed by atoms with Gasteiger partial charge in [-0.25, -0.2) is 4.98 Å². The van der Waals surface area contributed by atoms with Crippen LogP contribution in [0.5, 0.6) is 0 Å². The van der Waals surface area contributed by atoms with Crippen LogP contribution < -0.4 is 0 Å². The lowest BCUT2D eigenvalue weighted by molar-refractivity contribution is -0.131. The summed E-state index contributed by atoms with van der Waals surface area (Å²) >= 11 is 5.31. The molecule has 5 nitrogen and oxygen atoms in total. The number of nitrogens with one attached hydrogen (secondary N) is 1. The molecule has 20 heavy (non-hydrogen) atoms. The molecule has 0 radical (unpaired) electrons. The van der Waals surface area contributed by atoms with Crippen molar-refractivity contribution in [3.8, 4) is 0 Å². The van der Waals surface area contributed by atoms with E-state index < -0.39 is 0 Å². The predicted molar refractivity (Wildman–Crippen MR) is 82.2 cm³/mol. The van der Waals surface area contributed by atoms with Crippen molar-refractivity contribution in [3.05, 3.63) is 22.6 Å². The maximum absolute atomic E-state index is 12.1. The summed E-state index contributed by atoms with van der Waals surface area (Å²) in [5.74, 6) is 0.152. The number of aromatic nitrogens is 3. The van der Waals surface area contributed by atoms with Gasteiger partial charge in [0.15, 0.2) is 10.4 Å². The second kappa shape index (κ2) is 6.17. The fraction of sp³-hybridized carbons (Fsp3) is 0.500. The highest BCUT2D eigenvalue weighted by Crippen LogP contribution is 2.13. The minimum atomic E-state index is 0.152. The van der Waals surface area contributed by atoms with Crippen LogP contribution in [-0.2, 0) is 11.3 Å². The Labute approximate surface area is 123 Å². The first-order valence-electron chi connectivity index (χ1n) is 6.90. The number of aromatic amines is 1. The van der Waals surface area contributed by atoms with Gasteiger partial charge < -0.3 is 14.5 Å². The normalized spacial score (nSPS) is 10.9. The molecule has 2 aromatic rings. The van der Waals surface area contributed by atoms with Gasteiger partial charge in [0.05, 0.1) is 5.52 Å². The van der Waals surface area contributed by atoms with Crippen LogP contribution >= 0.6 is 12.2 Å². The molecule has 2 rings (SSSR count). The number of pyridine rings is 1. The zero-order chi connectivity index (χ0) is 14.7. The van der Waals surface area contributed by atoms with Crippen LogP contribution in [0.15, 0.2) is 12.1 Å². The van der Waals surface area contributed by atoms with E-state index in [0.29, 0.717) is 17.7 Å². The Kier molecular flexibility index (Phi) is 4.54. The molecule has 6 heteroatoms. The fourth-order valence-corrected chi connectivity index (χ4v) is 2.56. The maximum Gasteiger partial charge on any atom is 0.224 e. The highest BCUT2D eigenvalue weighted by atomic mass is 32.1. The summed E-state index contributed by atoms with van der Waals surface area (Å²) < 4.78 is 2.52. The molecule has 2 heterocycles. The smallest absolute Gasteiger partial charge is 0.224 e. The lowest BCUT2D eigenvalue weighted by atomic mass is 10.3. The SMILES string of the molecule is CCN(CC)C(=O)CCn1c(=S)[nH]c2ccc(C)nc21. The molecule has 108 valence electrons. The van der Waals surface area contributed by atoms with E-state index in [-0.39, 0.29) is 5.91 Å². The van der Waals surface area contributed by atoms with Crippen LogP contribution in [0, 0.1) is 11.7 Å². The Morgan fingerprint density at radius 2 is 2.10 bits per heavy atom. The van der Waals surface area contributed by atoms with E-state index in [1.54, 1.807) is 0 Å². The Balaban J connectivity index is 2.22. The van der Waals surface area contributed by atoms with Gasteiger partial charge in [-0.05, 0) is 45.1 Å². The van der Waals surface area contributed by atoms with Crippen LogP contribution in [0.25, 0.3) is 11.2 Å². The molecule has 0 saturated heterocycles. The zero-order valence-electron chi connectivity index (χ0n) is 12.1. The predicted octanol–water partition coefficient (Wildman–Crippen LogP) is 2.66. The molecule has 0 aliphatic carbocycles. The van der Waals surface area contributed by atoms with E-state index >= 15 is 0 Å².